The highest BCUT2D eigenvalue weighted by atomic mass is 16.3. The third-order valence-electron chi connectivity index (χ3n) is 3.71. The Balaban J connectivity index is 1.93. The van der Waals surface area contributed by atoms with E-state index in [-0.39, 0.29) is 12.5 Å². The molecule has 1 aliphatic heterocycles. The molecule has 3 heteroatoms. The summed E-state index contributed by atoms with van der Waals surface area (Å²) in [6.07, 6.45) is 3.76. The first-order valence-corrected chi connectivity index (χ1v) is 7.21. The van der Waals surface area contributed by atoms with Crippen LogP contribution in [0.25, 0.3) is 0 Å². The van der Waals surface area contributed by atoms with Gasteiger partial charge in [0.1, 0.15) is 0 Å². The Bertz CT molecular complexity index is 503. The molecule has 1 heterocycles. The number of amides is 1. The average Bonchev–Trinajstić information content (AvgIpc) is 2.87. The molecule has 108 valence electrons. The number of carbonyl (C=O) groups excluding carboxylic acids is 1. The maximum absolute atomic E-state index is 12.0. The van der Waals surface area contributed by atoms with Crippen LogP contribution in [0.5, 0.6) is 0 Å². The molecule has 3 nitrogen and oxygen atoms in total. The Kier molecular flexibility index (Phi) is 4.96. The van der Waals surface area contributed by atoms with Crippen molar-refractivity contribution in [2.24, 2.45) is 5.92 Å². The van der Waals surface area contributed by atoms with Crippen LogP contribution in [0.1, 0.15) is 31.4 Å². The Morgan fingerprint density at radius 2 is 2.15 bits per heavy atom. The van der Waals surface area contributed by atoms with Gasteiger partial charge in [-0.05, 0) is 43.7 Å². The number of benzene rings is 1. The SMILES string of the molecule is CC(C)=CC(=O)N1CC[C@H](Cc2cccc(CO)c2)C1. The maximum atomic E-state index is 12.0. The topological polar surface area (TPSA) is 40.5 Å². The average molecular weight is 273 g/mol. The van der Waals surface area contributed by atoms with Crippen LogP contribution in [-0.4, -0.2) is 29.0 Å². The zero-order chi connectivity index (χ0) is 14.5. The van der Waals surface area contributed by atoms with Crippen molar-refractivity contribution in [3.63, 3.8) is 0 Å². The highest BCUT2D eigenvalue weighted by molar-refractivity contribution is 5.88. The zero-order valence-corrected chi connectivity index (χ0v) is 12.3. The van der Waals surface area contributed by atoms with Gasteiger partial charge in [-0.25, -0.2) is 0 Å². The van der Waals surface area contributed by atoms with Crippen molar-refractivity contribution >= 4 is 5.91 Å². The van der Waals surface area contributed by atoms with Crippen LogP contribution in [0.3, 0.4) is 0 Å². The molecule has 0 unspecified atom stereocenters. The highest BCUT2D eigenvalue weighted by Gasteiger charge is 2.25. The summed E-state index contributed by atoms with van der Waals surface area (Å²) in [7, 11) is 0. The molecule has 0 bridgehead atoms. The second-order valence-electron chi connectivity index (χ2n) is 5.84. The van der Waals surface area contributed by atoms with Gasteiger partial charge in [-0.2, -0.15) is 0 Å². The molecule has 1 atom stereocenters. The number of allylic oxidation sites excluding steroid dienone is 1. The normalized spacial score (nSPS) is 18.1. The molecule has 1 fully saturated rings. The fraction of sp³-hybridized carbons (Fsp3) is 0.471. The van der Waals surface area contributed by atoms with Crippen molar-refractivity contribution in [2.45, 2.75) is 33.3 Å². The lowest BCUT2D eigenvalue weighted by Gasteiger charge is -2.15. The number of nitrogens with zero attached hydrogens (tertiary/aromatic N) is 1. The van der Waals surface area contributed by atoms with Crippen LogP contribution >= 0.6 is 0 Å². The van der Waals surface area contributed by atoms with Crippen molar-refractivity contribution in [1.29, 1.82) is 0 Å². The molecule has 1 amide bonds. The summed E-state index contributed by atoms with van der Waals surface area (Å²) in [6, 6.07) is 8.07. The van der Waals surface area contributed by atoms with Gasteiger partial charge in [-0.1, -0.05) is 29.8 Å². The molecule has 2 rings (SSSR count). The van der Waals surface area contributed by atoms with E-state index in [1.54, 1.807) is 6.08 Å². The van der Waals surface area contributed by atoms with E-state index >= 15 is 0 Å². The molecule has 1 aromatic rings. The number of aliphatic hydroxyl groups is 1. The molecule has 0 aromatic heterocycles. The van der Waals surface area contributed by atoms with Gasteiger partial charge in [0.15, 0.2) is 0 Å². The molecule has 0 saturated carbocycles. The molecular weight excluding hydrogens is 250 g/mol. The van der Waals surface area contributed by atoms with Gasteiger partial charge in [0.05, 0.1) is 6.61 Å². The molecule has 1 aliphatic rings. The second-order valence-corrected chi connectivity index (χ2v) is 5.84. The third-order valence-corrected chi connectivity index (χ3v) is 3.71. The largest absolute Gasteiger partial charge is 0.392 e. The van der Waals surface area contributed by atoms with Gasteiger partial charge < -0.3 is 10.0 Å². The van der Waals surface area contributed by atoms with Crippen LogP contribution in [0.4, 0.5) is 0 Å². The van der Waals surface area contributed by atoms with E-state index in [4.69, 9.17) is 5.11 Å². The van der Waals surface area contributed by atoms with E-state index in [9.17, 15) is 4.79 Å². The smallest absolute Gasteiger partial charge is 0.246 e. The van der Waals surface area contributed by atoms with Crippen LogP contribution in [0.15, 0.2) is 35.9 Å². The summed E-state index contributed by atoms with van der Waals surface area (Å²) in [5, 5.41) is 9.16. The highest BCUT2D eigenvalue weighted by Crippen LogP contribution is 2.22. The summed E-state index contributed by atoms with van der Waals surface area (Å²) >= 11 is 0. The summed E-state index contributed by atoms with van der Waals surface area (Å²) in [5.74, 6) is 0.662. The number of carbonyl (C=O) groups is 1. The fourth-order valence-corrected chi connectivity index (χ4v) is 2.73. The Labute approximate surface area is 120 Å². The van der Waals surface area contributed by atoms with E-state index in [1.165, 1.54) is 5.56 Å². The van der Waals surface area contributed by atoms with Crippen molar-refractivity contribution in [1.82, 2.24) is 4.90 Å². The van der Waals surface area contributed by atoms with Crippen LogP contribution in [-0.2, 0) is 17.8 Å². The van der Waals surface area contributed by atoms with E-state index < -0.39 is 0 Å². The van der Waals surface area contributed by atoms with E-state index in [0.717, 1.165) is 37.1 Å². The first kappa shape index (κ1) is 14.8. The van der Waals surface area contributed by atoms with E-state index in [1.807, 2.05) is 30.9 Å². The molecule has 0 aliphatic carbocycles. The van der Waals surface area contributed by atoms with Crippen molar-refractivity contribution in [3.05, 3.63) is 47.0 Å². The molecule has 1 N–H and O–H groups in total. The van der Waals surface area contributed by atoms with Crippen LogP contribution in [0, 0.1) is 5.92 Å². The predicted octanol–water partition coefficient (Wildman–Crippen LogP) is 2.54. The van der Waals surface area contributed by atoms with Gasteiger partial charge in [-0.3, -0.25) is 4.79 Å². The fourth-order valence-electron chi connectivity index (χ4n) is 2.73. The molecule has 20 heavy (non-hydrogen) atoms. The maximum Gasteiger partial charge on any atom is 0.246 e. The minimum Gasteiger partial charge on any atom is -0.392 e. The van der Waals surface area contributed by atoms with Gasteiger partial charge in [0.2, 0.25) is 5.91 Å². The predicted molar refractivity (Wildman–Crippen MR) is 80.2 cm³/mol. The monoisotopic (exact) mass is 273 g/mol. The van der Waals surface area contributed by atoms with E-state index in [0.29, 0.717) is 5.92 Å². The Hall–Kier alpha value is -1.61. The van der Waals surface area contributed by atoms with Gasteiger partial charge >= 0.3 is 0 Å². The van der Waals surface area contributed by atoms with Crippen LogP contribution in [0.2, 0.25) is 0 Å². The lowest BCUT2D eigenvalue weighted by atomic mass is 9.97. The summed E-state index contributed by atoms with van der Waals surface area (Å²) in [4.78, 5) is 13.9. The van der Waals surface area contributed by atoms with Crippen molar-refractivity contribution < 1.29 is 9.90 Å². The number of aliphatic hydroxyl groups excluding tert-OH is 1. The second kappa shape index (κ2) is 6.71. The Morgan fingerprint density at radius 3 is 2.85 bits per heavy atom. The Morgan fingerprint density at radius 1 is 1.40 bits per heavy atom. The summed E-state index contributed by atoms with van der Waals surface area (Å²) in [6.45, 7) is 5.68. The number of rotatable bonds is 4. The molecule has 1 saturated heterocycles. The first-order chi connectivity index (χ1) is 9.58. The first-order valence-electron chi connectivity index (χ1n) is 7.21. The number of hydrogen-bond donors (Lipinski definition) is 1. The quantitative estimate of drug-likeness (QED) is 0.856. The van der Waals surface area contributed by atoms with Crippen LogP contribution < -0.4 is 0 Å². The lowest BCUT2D eigenvalue weighted by molar-refractivity contribution is -0.125. The molecular formula is C17H23NO2. The summed E-state index contributed by atoms with van der Waals surface area (Å²) < 4.78 is 0. The van der Waals surface area contributed by atoms with Gasteiger partial charge in [0, 0.05) is 19.2 Å². The minimum absolute atomic E-state index is 0.0870. The molecule has 0 radical (unpaired) electrons. The number of hydrogen-bond acceptors (Lipinski definition) is 2. The number of likely N-dealkylation sites (tertiary alicyclic amines) is 1. The summed E-state index contributed by atoms with van der Waals surface area (Å²) in [5.41, 5.74) is 3.25. The van der Waals surface area contributed by atoms with Gasteiger partial charge in [-0.15, -0.1) is 0 Å². The van der Waals surface area contributed by atoms with Gasteiger partial charge in [0.25, 0.3) is 0 Å². The van der Waals surface area contributed by atoms with Crippen molar-refractivity contribution in [2.75, 3.05) is 13.1 Å². The molecule has 1 aromatic carbocycles. The standard InChI is InChI=1S/C17H23NO2/c1-13(2)8-17(20)18-7-6-15(11-18)9-14-4-3-5-16(10-14)12-19/h3-5,8,10,15,19H,6-7,9,11-12H2,1-2H3/t15-/m1/s1. The lowest BCUT2D eigenvalue weighted by Crippen LogP contribution is -2.27. The van der Waals surface area contributed by atoms with Crippen molar-refractivity contribution in [3.8, 4) is 0 Å². The minimum atomic E-state index is 0.0870. The zero-order valence-electron chi connectivity index (χ0n) is 12.3. The van der Waals surface area contributed by atoms with E-state index in [2.05, 4.69) is 12.1 Å². The molecule has 0 spiro atoms. The third kappa shape index (κ3) is 3.94.